The predicted octanol–water partition coefficient (Wildman–Crippen LogP) is 2.88. The molecule has 2 aromatic heterocycles. The topological polar surface area (TPSA) is 66.3 Å². The van der Waals surface area contributed by atoms with Gasteiger partial charge in [0.1, 0.15) is 10.7 Å². The molecule has 6 heteroatoms. The summed E-state index contributed by atoms with van der Waals surface area (Å²) < 4.78 is 0. The minimum absolute atomic E-state index is 0.001000. The number of likely N-dealkylation sites (tertiary alicyclic amines) is 1. The number of aliphatic hydroxyl groups excluding tert-OH is 1. The van der Waals surface area contributed by atoms with Crippen LogP contribution in [0.25, 0.3) is 10.6 Å². The molecule has 0 radical (unpaired) electrons. The normalized spacial score (nSPS) is 19.7. The van der Waals surface area contributed by atoms with Crippen molar-refractivity contribution in [1.29, 1.82) is 0 Å². The van der Waals surface area contributed by atoms with E-state index in [1.165, 1.54) is 11.3 Å². The fourth-order valence-electron chi connectivity index (χ4n) is 3.26. The first-order chi connectivity index (χ1) is 12.7. The van der Waals surface area contributed by atoms with Gasteiger partial charge in [-0.15, -0.1) is 11.3 Å². The van der Waals surface area contributed by atoms with Crippen molar-refractivity contribution >= 4 is 17.2 Å². The molecule has 26 heavy (non-hydrogen) atoms. The van der Waals surface area contributed by atoms with Crippen molar-refractivity contribution in [3.05, 3.63) is 71.5 Å². The SMILES string of the molecule is O=C(c1csc(-c2ccccc2)n1)N1C[C@@H](Cc2ccccn2)[C@H](O)C1. The van der Waals surface area contributed by atoms with Gasteiger partial charge in [-0.25, -0.2) is 4.98 Å². The molecule has 1 aliphatic rings. The molecule has 2 atom stereocenters. The lowest BCUT2D eigenvalue weighted by atomic mass is 10.00. The van der Waals surface area contributed by atoms with Crippen LogP contribution in [-0.4, -0.2) is 45.1 Å². The van der Waals surface area contributed by atoms with Crippen LogP contribution >= 0.6 is 11.3 Å². The van der Waals surface area contributed by atoms with E-state index in [-0.39, 0.29) is 11.8 Å². The van der Waals surface area contributed by atoms with Crippen molar-refractivity contribution in [2.75, 3.05) is 13.1 Å². The number of aliphatic hydroxyl groups is 1. The Hall–Kier alpha value is -2.57. The third-order valence-electron chi connectivity index (χ3n) is 4.64. The van der Waals surface area contributed by atoms with Crippen molar-refractivity contribution in [2.24, 2.45) is 5.92 Å². The second-order valence-electron chi connectivity index (χ2n) is 6.47. The Morgan fingerprint density at radius 3 is 2.73 bits per heavy atom. The lowest BCUT2D eigenvalue weighted by Crippen LogP contribution is -2.29. The Labute approximate surface area is 156 Å². The largest absolute Gasteiger partial charge is 0.391 e. The molecule has 1 aromatic carbocycles. The van der Waals surface area contributed by atoms with E-state index in [0.29, 0.717) is 25.2 Å². The van der Waals surface area contributed by atoms with E-state index in [1.54, 1.807) is 16.5 Å². The van der Waals surface area contributed by atoms with Crippen LogP contribution in [0.15, 0.2) is 60.1 Å². The quantitative estimate of drug-likeness (QED) is 0.772. The van der Waals surface area contributed by atoms with Crippen LogP contribution in [0.5, 0.6) is 0 Å². The van der Waals surface area contributed by atoms with Crippen molar-refractivity contribution in [3.8, 4) is 10.6 Å². The lowest BCUT2D eigenvalue weighted by molar-refractivity contribution is 0.0760. The van der Waals surface area contributed by atoms with Gasteiger partial charge in [0.25, 0.3) is 5.91 Å². The fraction of sp³-hybridized carbons (Fsp3) is 0.250. The molecule has 1 aliphatic heterocycles. The average molecular weight is 365 g/mol. The molecule has 0 unspecified atom stereocenters. The van der Waals surface area contributed by atoms with Gasteiger partial charge < -0.3 is 10.0 Å². The molecule has 4 rings (SSSR count). The van der Waals surface area contributed by atoms with Crippen molar-refractivity contribution in [3.63, 3.8) is 0 Å². The molecule has 1 fully saturated rings. The minimum Gasteiger partial charge on any atom is -0.391 e. The predicted molar refractivity (Wildman–Crippen MR) is 101 cm³/mol. The fourth-order valence-corrected chi connectivity index (χ4v) is 4.06. The highest BCUT2D eigenvalue weighted by atomic mass is 32.1. The molecular formula is C20H19N3O2S. The number of thiazole rings is 1. The number of benzene rings is 1. The number of rotatable bonds is 4. The van der Waals surface area contributed by atoms with Gasteiger partial charge in [0.05, 0.1) is 6.10 Å². The Balaban J connectivity index is 1.45. The highest BCUT2D eigenvalue weighted by Gasteiger charge is 2.35. The Morgan fingerprint density at radius 2 is 1.96 bits per heavy atom. The van der Waals surface area contributed by atoms with Crippen LogP contribution in [0.2, 0.25) is 0 Å². The number of β-amino-alcohol motifs (C(OH)–C–C–N with tert-alkyl or cyclic N) is 1. The number of aromatic nitrogens is 2. The minimum atomic E-state index is -0.534. The van der Waals surface area contributed by atoms with Crippen LogP contribution in [0, 0.1) is 5.92 Å². The van der Waals surface area contributed by atoms with E-state index in [9.17, 15) is 9.90 Å². The summed E-state index contributed by atoms with van der Waals surface area (Å²) in [6.45, 7) is 0.864. The highest BCUT2D eigenvalue weighted by Crippen LogP contribution is 2.26. The number of carbonyl (C=O) groups excluding carboxylic acids is 1. The summed E-state index contributed by atoms with van der Waals surface area (Å²) in [6, 6.07) is 15.6. The summed E-state index contributed by atoms with van der Waals surface area (Å²) >= 11 is 1.46. The molecule has 1 N–H and O–H groups in total. The number of hydrogen-bond donors (Lipinski definition) is 1. The van der Waals surface area contributed by atoms with E-state index in [2.05, 4.69) is 9.97 Å². The number of pyridine rings is 1. The zero-order valence-electron chi connectivity index (χ0n) is 14.2. The van der Waals surface area contributed by atoms with E-state index < -0.39 is 6.10 Å². The molecule has 0 aliphatic carbocycles. The number of amides is 1. The number of nitrogens with zero attached hydrogens (tertiary/aromatic N) is 3. The summed E-state index contributed by atoms with van der Waals surface area (Å²) in [5, 5.41) is 13.0. The zero-order chi connectivity index (χ0) is 17.9. The van der Waals surface area contributed by atoms with Crippen molar-refractivity contribution in [1.82, 2.24) is 14.9 Å². The van der Waals surface area contributed by atoms with Gasteiger partial charge in [0, 0.05) is 41.8 Å². The Kier molecular flexibility index (Phi) is 4.77. The number of carbonyl (C=O) groups is 1. The molecule has 0 bridgehead atoms. The first kappa shape index (κ1) is 16.9. The van der Waals surface area contributed by atoms with Crippen LogP contribution in [0.3, 0.4) is 0 Å². The third-order valence-corrected chi connectivity index (χ3v) is 5.53. The molecule has 132 valence electrons. The summed E-state index contributed by atoms with van der Waals surface area (Å²) in [5.74, 6) is -0.118. The maximum absolute atomic E-state index is 12.8. The van der Waals surface area contributed by atoms with Crippen molar-refractivity contribution in [2.45, 2.75) is 12.5 Å². The summed E-state index contributed by atoms with van der Waals surface area (Å²) in [6.07, 6.45) is 1.88. The first-order valence-electron chi connectivity index (χ1n) is 8.59. The monoisotopic (exact) mass is 365 g/mol. The zero-order valence-corrected chi connectivity index (χ0v) is 15.0. The van der Waals surface area contributed by atoms with E-state index in [0.717, 1.165) is 16.3 Å². The first-order valence-corrected chi connectivity index (χ1v) is 9.47. The summed E-state index contributed by atoms with van der Waals surface area (Å²) in [7, 11) is 0. The Morgan fingerprint density at radius 1 is 1.15 bits per heavy atom. The van der Waals surface area contributed by atoms with E-state index >= 15 is 0 Å². The molecule has 1 amide bonds. The summed E-state index contributed by atoms with van der Waals surface area (Å²) in [4.78, 5) is 23.3. The van der Waals surface area contributed by atoms with Crippen LogP contribution in [0.4, 0.5) is 0 Å². The lowest BCUT2D eigenvalue weighted by Gasteiger charge is -2.14. The smallest absolute Gasteiger partial charge is 0.273 e. The van der Waals surface area contributed by atoms with Gasteiger partial charge in [0.2, 0.25) is 0 Å². The third kappa shape index (κ3) is 3.52. The van der Waals surface area contributed by atoms with Crippen LogP contribution < -0.4 is 0 Å². The summed E-state index contributed by atoms with van der Waals surface area (Å²) in [5.41, 5.74) is 2.39. The van der Waals surface area contributed by atoms with Gasteiger partial charge >= 0.3 is 0 Å². The molecule has 3 aromatic rings. The second kappa shape index (κ2) is 7.35. The van der Waals surface area contributed by atoms with Crippen LogP contribution in [0.1, 0.15) is 16.2 Å². The molecule has 3 heterocycles. The second-order valence-corrected chi connectivity index (χ2v) is 7.32. The van der Waals surface area contributed by atoms with Gasteiger partial charge in [-0.1, -0.05) is 36.4 Å². The molecule has 0 spiro atoms. The van der Waals surface area contributed by atoms with Crippen molar-refractivity contribution < 1.29 is 9.90 Å². The standard InChI is InChI=1S/C20H19N3O2S/c24-18-12-23(11-15(18)10-16-8-4-5-9-21-16)20(25)17-13-26-19(22-17)14-6-2-1-3-7-14/h1-9,13,15,18,24H,10-12H2/t15-,18-/m1/s1. The molecular weight excluding hydrogens is 346 g/mol. The maximum atomic E-state index is 12.8. The molecule has 5 nitrogen and oxygen atoms in total. The Bertz CT molecular complexity index is 882. The van der Waals surface area contributed by atoms with E-state index in [1.807, 2.05) is 48.5 Å². The van der Waals surface area contributed by atoms with Gasteiger partial charge in [0.15, 0.2) is 0 Å². The molecule has 0 saturated carbocycles. The number of hydrogen-bond acceptors (Lipinski definition) is 5. The van der Waals surface area contributed by atoms with Gasteiger partial charge in [-0.2, -0.15) is 0 Å². The van der Waals surface area contributed by atoms with Gasteiger partial charge in [-0.05, 0) is 18.6 Å². The van der Waals surface area contributed by atoms with E-state index in [4.69, 9.17) is 0 Å². The average Bonchev–Trinajstić information content (AvgIpc) is 3.31. The maximum Gasteiger partial charge on any atom is 0.273 e. The highest BCUT2D eigenvalue weighted by molar-refractivity contribution is 7.13. The van der Waals surface area contributed by atoms with Gasteiger partial charge in [-0.3, -0.25) is 9.78 Å². The molecule has 1 saturated heterocycles. The van der Waals surface area contributed by atoms with Crippen LogP contribution in [-0.2, 0) is 6.42 Å².